The van der Waals surface area contributed by atoms with Gasteiger partial charge in [0.05, 0.1) is 11.3 Å². The van der Waals surface area contributed by atoms with Gasteiger partial charge >= 0.3 is 0 Å². The molecule has 11 heteroatoms. The van der Waals surface area contributed by atoms with Crippen molar-refractivity contribution in [1.82, 2.24) is 19.9 Å². The van der Waals surface area contributed by atoms with Crippen molar-refractivity contribution >= 4 is 39.5 Å². The fraction of sp³-hybridized carbons (Fsp3) is 0.364. The van der Waals surface area contributed by atoms with Crippen LogP contribution in [0.3, 0.4) is 0 Å². The fourth-order valence-corrected chi connectivity index (χ4v) is 3.56. The highest BCUT2D eigenvalue weighted by Gasteiger charge is 2.19. The summed E-state index contributed by atoms with van der Waals surface area (Å²) in [6, 6.07) is 3.95. The van der Waals surface area contributed by atoms with Gasteiger partial charge in [-0.1, -0.05) is 10.7 Å². The van der Waals surface area contributed by atoms with Crippen LogP contribution in [0.4, 0.5) is 15.9 Å². The van der Waals surface area contributed by atoms with Gasteiger partial charge < -0.3 is 15.4 Å². The van der Waals surface area contributed by atoms with E-state index in [0.29, 0.717) is 28.1 Å². The van der Waals surface area contributed by atoms with Crippen molar-refractivity contribution in [3.8, 4) is 5.75 Å². The number of rotatable bonds is 6. The number of carbonyl (C=O) groups is 2. The highest BCUT2D eigenvalue weighted by atomic mass is 32.2. The first-order chi connectivity index (χ1) is 15.4. The van der Waals surface area contributed by atoms with E-state index in [1.165, 1.54) is 29.0 Å². The van der Waals surface area contributed by atoms with Gasteiger partial charge in [-0.15, -0.1) is 0 Å². The highest BCUT2D eigenvalue weighted by molar-refractivity contribution is 7.86. The lowest BCUT2D eigenvalue weighted by atomic mass is 10.1. The number of amides is 2. The lowest BCUT2D eigenvalue weighted by Crippen LogP contribution is -2.43. The van der Waals surface area contributed by atoms with Gasteiger partial charge in [-0.25, -0.2) is 13.9 Å². The quantitative estimate of drug-likeness (QED) is 0.567. The van der Waals surface area contributed by atoms with Crippen LogP contribution < -0.4 is 15.4 Å². The van der Waals surface area contributed by atoms with Gasteiger partial charge in [-0.05, 0) is 57.9 Å². The monoisotopic (exact) mass is 474 g/mol. The number of aryl methyl sites for hydroxylation is 1. The summed E-state index contributed by atoms with van der Waals surface area (Å²) in [4.78, 5) is 28.9. The Balaban J connectivity index is 1.93. The minimum Gasteiger partial charge on any atom is -0.481 e. The summed E-state index contributed by atoms with van der Waals surface area (Å²) in [5.74, 6) is -0.630. The van der Waals surface area contributed by atoms with Crippen molar-refractivity contribution in [3.63, 3.8) is 0 Å². The van der Waals surface area contributed by atoms with Gasteiger partial charge in [0.2, 0.25) is 0 Å². The van der Waals surface area contributed by atoms with Crippen molar-refractivity contribution in [2.75, 3.05) is 24.4 Å². The summed E-state index contributed by atoms with van der Waals surface area (Å²) in [5, 5.41) is 10.1. The molecule has 0 aliphatic rings. The number of hydrogen-bond donors (Lipinski definition) is 2. The van der Waals surface area contributed by atoms with Gasteiger partial charge in [0.1, 0.15) is 23.4 Å². The molecule has 0 spiro atoms. The molecule has 0 saturated carbocycles. The summed E-state index contributed by atoms with van der Waals surface area (Å²) in [6.45, 7) is 7.07. The summed E-state index contributed by atoms with van der Waals surface area (Å²) >= 11 is 0. The first kappa shape index (κ1) is 24.3. The van der Waals surface area contributed by atoms with Crippen molar-refractivity contribution in [1.29, 1.82) is 0 Å². The maximum atomic E-state index is 13.9. The van der Waals surface area contributed by atoms with Crippen LogP contribution in [0.15, 0.2) is 35.1 Å². The number of ether oxygens (including phenoxy) is 1. The molecule has 0 bridgehead atoms. The number of anilines is 2. The summed E-state index contributed by atoms with van der Waals surface area (Å²) in [7, 11) is -0.401. The Hall–Kier alpha value is -3.34. The van der Waals surface area contributed by atoms with Gasteiger partial charge in [0.25, 0.3) is 11.8 Å². The van der Waals surface area contributed by atoms with Crippen LogP contribution in [-0.4, -0.2) is 51.1 Å². The van der Waals surface area contributed by atoms with Gasteiger partial charge in [0, 0.05) is 17.8 Å². The number of fused-ring (bicyclic) bond motifs is 1. The zero-order valence-electron chi connectivity index (χ0n) is 19.4. The molecular weight excluding hydrogens is 447 g/mol. The van der Waals surface area contributed by atoms with Crippen molar-refractivity contribution in [3.05, 3.63) is 47.7 Å². The Bertz CT molecular complexity index is 1240. The van der Waals surface area contributed by atoms with Crippen LogP contribution in [0.2, 0.25) is 0 Å². The number of carbonyl (C=O) groups excluding carboxylic acids is 2. The maximum Gasteiger partial charge on any atom is 0.284 e. The van der Waals surface area contributed by atoms with E-state index in [2.05, 4.69) is 25.1 Å². The third-order valence-corrected chi connectivity index (χ3v) is 4.92. The molecule has 0 aliphatic carbocycles. The molecule has 2 N–H and O–H groups in total. The van der Waals surface area contributed by atoms with E-state index in [0.717, 1.165) is 0 Å². The second kappa shape index (κ2) is 9.65. The van der Waals surface area contributed by atoms with Gasteiger partial charge in [-0.2, -0.15) is 9.46 Å². The number of hydrogen-bond acceptors (Lipinski definition) is 6. The summed E-state index contributed by atoms with van der Waals surface area (Å²) in [5.41, 5.74) is 1.65. The van der Waals surface area contributed by atoms with Crippen molar-refractivity contribution in [2.24, 2.45) is 4.36 Å². The first-order valence-electron chi connectivity index (χ1n) is 10.1. The zero-order chi connectivity index (χ0) is 24.3. The third kappa shape index (κ3) is 6.13. The predicted octanol–water partition coefficient (Wildman–Crippen LogP) is 3.42. The number of benzene rings is 1. The first-order valence-corrected chi connectivity index (χ1v) is 12.1. The van der Waals surface area contributed by atoms with Crippen LogP contribution in [-0.2, 0) is 15.5 Å². The van der Waals surface area contributed by atoms with Crippen molar-refractivity contribution in [2.45, 2.75) is 33.2 Å². The smallest absolute Gasteiger partial charge is 0.284 e. The molecule has 0 aliphatic heterocycles. The summed E-state index contributed by atoms with van der Waals surface area (Å²) in [6.07, 6.45) is 6.65. The van der Waals surface area contributed by atoms with Crippen LogP contribution in [0.25, 0.3) is 5.52 Å². The van der Waals surface area contributed by atoms with Gasteiger partial charge in [0.15, 0.2) is 12.4 Å². The zero-order valence-corrected chi connectivity index (χ0v) is 20.2. The lowest BCUT2D eigenvalue weighted by Gasteiger charge is -2.21. The Morgan fingerprint density at radius 3 is 2.67 bits per heavy atom. The number of aromatic nitrogens is 3. The molecule has 176 valence electrons. The highest BCUT2D eigenvalue weighted by Crippen LogP contribution is 2.31. The lowest BCUT2D eigenvalue weighted by molar-refractivity contribution is -0.124. The molecule has 2 aromatic heterocycles. The number of halogens is 1. The predicted molar refractivity (Wildman–Crippen MR) is 127 cm³/mol. The second-order valence-corrected chi connectivity index (χ2v) is 10.3. The molecule has 1 aromatic carbocycles. The van der Waals surface area contributed by atoms with Crippen LogP contribution >= 0.6 is 0 Å². The average molecular weight is 475 g/mol. The van der Waals surface area contributed by atoms with E-state index in [1.54, 1.807) is 13.1 Å². The van der Waals surface area contributed by atoms with Crippen LogP contribution in [0.5, 0.6) is 5.75 Å². The molecule has 3 aromatic rings. The average Bonchev–Trinajstić information content (AvgIpc) is 3.04. The molecule has 2 heterocycles. The standard InChI is InChI=1S/C22H27FN6O3S/c1-13-15(21(31)28-33(5)6)10-29-19(13)20(24-12-25-29)26-16-8-7-14(23)9-17(16)32-11-18(30)27-22(2,3)4/h7-10,12H,11H2,1-6H3,(H,27,30)(H,24,25,26). The SMILES string of the molecule is Cc1c(C(=O)N=S(C)C)cn2ncnc(Nc3ccc(F)cc3OCC(=O)NC(C)(C)C)c12. The molecule has 3 rings (SSSR count). The van der Waals surface area contributed by atoms with E-state index >= 15 is 0 Å². The molecule has 33 heavy (non-hydrogen) atoms. The van der Waals surface area contributed by atoms with E-state index < -0.39 is 22.0 Å². The molecule has 0 radical (unpaired) electrons. The number of nitrogens with one attached hydrogen (secondary N) is 2. The fourth-order valence-electron chi connectivity index (χ4n) is 3.13. The minimum absolute atomic E-state index is 0.146. The molecular formula is C22H27FN6O3S. The van der Waals surface area contributed by atoms with Crippen LogP contribution in [0.1, 0.15) is 36.7 Å². The molecule has 2 amide bonds. The molecule has 0 unspecified atom stereocenters. The van der Waals surface area contributed by atoms with Gasteiger partial charge in [-0.3, -0.25) is 9.59 Å². The Morgan fingerprint density at radius 2 is 2.00 bits per heavy atom. The van der Waals surface area contributed by atoms with E-state index in [1.807, 2.05) is 33.3 Å². The Morgan fingerprint density at radius 1 is 1.27 bits per heavy atom. The second-order valence-electron chi connectivity index (χ2n) is 8.59. The van der Waals surface area contributed by atoms with E-state index in [4.69, 9.17) is 4.74 Å². The minimum atomic E-state index is -0.512. The molecule has 0 saturated heterocycles. The van der Waals surface area contributed by atoms with Crippen LogP contribution in [0, 0.1) is 12.7 Å². The molecule has 9 nitrogen and oxygen atoms in total. The summed E-state index contributed by atoms with van der Waals surface area (Å²) < 4.78 is 25.2. The largest absolute Gasteiger partial charge is 0.481 e. The van der Waals surface area contributed by atoms with Crippen molar-refractivity contribution < 1.29 is 18.7 Å². The molecule has 0 fully saturated rings. The Labute approximate surface area is 193 Å². The topological polar surface area (TPSA) is 110 Å². The van der Waals surface area contributed by atoms with E-state index in [9.17, 15) is 14.0 Å². The number of nitrogens with zero attached hydrogens (tertiary/aromatic N) is 4. The Kier molecular flexibility index (Phi) is 7.11. The third-order valence-electron chi connectivity index (χ3n) is 4.39. The normalized spacial score (nSPS) is 11.5. The maximum absolute atomic E-state index is 13.9. The molecule has 0 atom stereocenters. The van der Waals surface area contributed by atoms with E-state index in [-0.39, 0.29) is 24.2 Å².